The van der Waals surface area contributed by atoms with Gasteiger partial charge in [0, 0.05) is 25.0 Å². The summed E-state index contributed by atoms with van der Waals surface area (Å²) < 4.78 is 47.3. The number of alkyl halides is 3. The molecule has 1 fully saturated rings. The fourth-order valence-electron chi connectivity index (χ4n) is 3.22. The summed E-state index contributed by atoms with van der Waals surface area (Å²) in [4.78, 5) is 37.3. The molecule has 8 nitrogen and oxygen atoms in total. The molecular weight excluding hydrogens is 427 g/mol. The number of ether oxygens (including phenoxy) is 1. The highest BCUT2D eigenvalue weighted by molar-refractivity contribution is 6.29. The van der Waals surface area contributed by atoms with Crippen LogP contribution in [0.15, 0.2) is 23.3 Å². The van der Waals surface area contributed by atoms with Crippen molar-refractivity contribution in [3.8, 4) is 6.01 Å². The zero-order chi connectivity index (χ0) is 21.5. The van der Waals surface area contributed by atoms with Gasteiger partial charge in [-0.25, -0.2) is 15.0 Å². The fourth-order valence-corrected chi connectivity index (χ4v) is 3.39. The van der Waals surface area contributed by atoms with Crippen LogP contribution < -0.4 is 15.2 Å². The number of carbonyl (C=O) groups is 1. The van der Waals surface area contributed by atoms with Crippen LogP contribution in [0.4, 0.5) is 19.1 Å². The van der Waals surface area contributed by atoms with Crippen molar-refractivity contribution in [1.82, 2.24) is 19.5 Å². The van der Waals surface area contributed by atoms with Gasteiger partial charge in [-0.1, -0.05) is 11.6 Å². The molecule has 0 spiro atoms. The third-order valence-corrected chi connectivity index (χ3v) is 5.20. The first-order valence-corrected chi connectivity index (χ1v) is 9.69. The number of Topliss-reactive ketones (excluding diaryl/α,β-unsaturated/α-hetero) is 1. The normalized spacial score (nSPS) is 18.8. The van der Waals surface area contributed by atoms with E-state index in [-0.39, 0.29) is 29.2 Å². The average molecular weight is 444 g/mol. The van der Waals surface area contributed by atoms with Crippen molar-refractivity contribution in [3.05, 3.63) is 39.5 Å². The molecule has 2 aromatic heterocycles. The zero-order valence-electron chi connectivity index (χ0n) is 15.6. The molecule has 0 N–H and O–H groups in total. The largest absolute Gasteiger partial charge is 0.463 e. The molecule has 3 heterocycles. The fraction of sp³-hybridized carbons (Fsp3) is 0.500. The maximum absolute atomic E-state index is 13.6. The Labute approximate surface area is 173 Å². The van der Waals surface area contributed by atoms with E-state index in [1.54, 1.807) is 0 Å². The number of anilines is 1. The SMILES string of the molecule is O=C(CN1c2nc(Cl)cc(=O)n2CC[C@H]1C(F)(F)F)c1cnc(OCC2CC2)nc1. The lowest BCUT2D eigenvalue weighted by atomic mass is 10.1. The van der Waals surface area contributed by atoms with Gasteiger partial charge in [0.05, 0.1) is 18.7 Å². The van der Waals surface area contributed by atoms with Crippen LogP contribution in [0, 0.1) is 5.92 Å². The van der Waals surface area contributed by atoms with Crippen LogP contribution in [-0.4, -0.2) is 50.7 Å². The maximum Gasteiger partial charge on any atom is 0.408 e. The van der Waals surface area contributed by atoms with Crippen LogP contribution in [-0.2, 0) is 6.54 Å². The van der Waals surface area contributed by atoms with Crippen LogP contribution in [0.25, 0.3) is 0 Å². The number of aromatic nitrogens is 4. The van der Waals surface area contributed by atoms with Crippen molar-refractivity contribution < 1.29 is 22.7 Å². The number of rotatable bonds is 6. The smallest absolute Gasteiger partial charge is 0.408 e. The summed E-state index contributed by atoms with van der Waals surface area (Å²) in [5.74, 6) is -0.448. The molecule has 1 atom stereocenters. The van der Waals surface area contributed by atoms with E-state index >= 15 is 0 Å². The number of nitrogens with zero attached hydrogens (tertiary/aromatic N) is 5. The first kappa shape index (κ1) is 20.6. The summed E-state index contributed by atoms with van der Waals surface area (Å²) in [6.45, 7) is -0.349. The van der Waals surface area contributed by atoms with E-state index in [1.807, 2.05) is 0 Å². The first-order valence-electron chi connectivity index (χ1n) is 9.31. The minimum Gasteiger partial charge on any atom is -0.463 e. The minimum absolute atomic E-state index is 0.0243. The van der Waals surface area contributed by atoms with Gasteiger partial charge >= 0.3 is 12.2 Å². The monoisotopic (exact) mass is 443 g/mol. The molecule has 4 rings (SSSR count). The van der Waals surface area contributed by atoms with Gasteiger partial charge in [-0.05, 0) is 25.2 Å². The molecule has 2 aliphatic rings. The van der Waals surface area contributed by atoms with Gasteiger partial charge in [-0.3, -0.25) is 14.2 Å². The number of halogens is 4. The van der Waals surface area contributed by atoms with Gasteiger partial charge in [0.2, 0.25) is 5.95 Å². The zero-order valence-corrected chi connectivity index (χ0v) is 16.4. The van der Waals surface area contributed by atoms with Crippen LogP contribution in [0.2, 0.25) is 5.15 Å². The third kappa shape index (κ3) is 4.40. The predicted octanol–water partition coefficient (Wildman–Crippen LogP) is 2.50. The van der Waals surface area contributed by atoms with Gasteiger partial charge in [-0.2, -0.15) is 13.2 Å². The molecule has 1 aliphatic carbocycles. The van der Waals surface area contributed by atoms with Gasteiger partial charge in [0.1, 0.15) is 11.2 Å². The van der Waals surface area contributed by atoms with E-state index in [2.05, 4.69) is 15.0 Å². The number of ketones is 1. The molecule has 30 heavy (non-hydrogen) atoms. The van der Waals surface area contributed by atoms with Crippen molar-refractivity contribution >= 4 is 23.3 Å². The van der Waals surface area contributed by atoms with Gasteiger partial charge in [0.25, 0.3) is 5.56 Å². The molecule has 0 amide bonds. The van der Waals surface area contributed by atoms with Crippen molar-refractivity contribution in [1.29, 1.82) is 0 Å². The van der Waals surface area contributed by atoms with Crippen molar-refractivity contribution in [3.63, 3.8) is 0 Å². The Kier molecular flexibility index (Phi) is 5.39. The van der Waals surface area contributed by atoms with E-state index in [1.165, 1.54) is 12.4 Å². The first-order chi connectivity index (χ1) is 14.2. The predicted molar refractivity (Wildman–Crippen MR) is 99.9 cm³/mol. The Morgan fingerprint density at radius 2 is 1.93 bits per heavy atom. The Bertz CT molecular complexity index is 1010. The second-order valence-corrected chi connectivity index (χ2v) is 7.66. The summed E-state index contributed by atoms with van der Waals surface area (Å²) in [6.07, 6.45) is -0.407. The molecule has 0 unspecified atom stereocenters. The quantitative estimate of drug-likeness (QED) is 0.500. The lowest BCUT2D eigenvalue weighted by molar-refractivity contribution is -0.152. The summed E-state index contributed by atoms with van der Waals surface area (Å²) >= 11 is 5.79. The highest BCUT2D eigenvalue weighted by Crippen LogP contribution is 2.34. The minimum atomic E-state index is -4.62. The van der Waals surface area contributed by atoms with Crippen LogP contribution >= 0.6 is 11.6 Å². The number of hydrogen-bond acceptors (Lipinski definition) is 7. The van der Waals surface area contributed by atoms with Gasteiger partial charge < -0.3 is 9.64 Å². The standard InChI is InChI=1S/C18H17ClF3N5O3/c19-14-5-15(29)26-4-3-13(18(20,21)22)27(17(26)25-14)8-12(28)11-6-23-16(24-7-11)30-9-10-1-2-10/h5-7,10,13H,1-4,8-9H2/t13-/m0/s1. The van der Waals surface area contributed by atoms with Crippen molar-refractivity contribution in [2.75, 3.05) is 18.1 Å². The average Bonchev–Trinajstić information content (AvgIpc) is 3.50. The summed E-state index contributed by atoms with van der Waals surface area (Å²) in [6, 6.07) is -0.850. The maximum atomic E-state index is 13.6. The van der Waals surface area contributed by atoms with Crippen molar-refractivity contribution in [2.24, 2.45) is 5.92 Å². The molecule has 0 radical (unpaired) electrons. The highest BCUT2D eigenvalue weighted by Gasteiger charge is 2.47. The van der Waals surface area contributed by atoms with Crippen LogP contribution in [0.5, 0.6) is 6.01 Å². The third-order valence-electron chi connectivity index (χ3n) is 5.00. The van der Waals surface area contributed by atoms with Gasteiger partial charge in [-0.15, -0.1) is 0 Å². The number of fused-ring (bicyclic) bond motifs is 1. The number of carbonyl (C=O) groups excluding carboxylic acids is 1. The Hall–Kier alpha value is -2.69. The molecule has 0 saturated heterocycles. The number of hydrogen-bond donors (Lipinski definition) is 0. The highest BCUT2D eigenvalue weighted by atomic mass is 35.5. The molecular formula is C18H17ClF3N5O3. The van der Waals surface area contributed by atoms with Gasteiger partial charge in [0.15, 0.2) is 5.78 Å². The molecule has 1 saturated carbocycles. The Balaban J connectivity index is 1.57. The Morgan fingerprint density at radius 1 is 1.23 bits per heavy atom. The topological polar surface area (TPSA) is 90.2 Å². The van der Waals surface area contributed by atoms with Crippen molar-refractivity contribution in [2.45, 2.75) is 38.0 Å². The summed E-state index contributed by atoms with van der Waals surface area (Å²) in [5.41, 5.74) is -0.556. The van der Waals surface area contributed by atoms with Crippen LogP contribution in [0.1, 0.15) is 29.6 Å². The second kappa shape index (κ2) is 7.86. The Morgan fingerprint density at radius 3 is 2.57 bits per heavy atom. The molecule has 160 valence electrons. The molecule has 0 aromatic carbocycles. The van der Waals surface area contributed by atoms with E-state index in [0.717, 1.165) is 28.4 Å². The molecule has 1 aliphatic heterocycles. The second-order valence-electron chi connectivity index (χ2n) is 7.27. The summed E-state index contributed by atoms with van der Waals surface area (Å²) in [5, 5.41) is -0.243. The lowest BCUT2D eigenvalue weighted by Gasteiger charge is -2.38. The molecule has 12 heteroatoms. The molecule has 2 aromatic rings. The van der Waals surface area contributed by atoms with E-state index in [9.17, 15) is 22.8 Å². The van der Waals surface area contributed by atoms with E-state index < -0.39 is 36.5 Å². The van der Waals surface area contributed by atoms with E-state index in [4.69, 9.17) is 16.3 Å². The summed E-state index contributed by atoms with van der Waals surface area (Å²) in [7, 11) is 0. The lowest BCUT2D eigenvalue weighted by Crippen LogP contribution is -2.54. The molecule has 0 bridgehead atoms. The van der Waals surface area contributed by atoms with E-state index in [0.29, 0.717) is 12.5 Å². The van der Waals surface area contributed by atoms with Crippen LogP contribution in [0.3, 0.4) is 0 Å².